The van der Waals surface area contributed by atoms with Crippen LogP contribution in [0.2, 0.25) is 0 Å². The van der Waals surface area contributed by atoms with Crippen molar-refractivity contribution in [1.82, 2.24) is 0 Å². The van der Waals surface area contributed by atoms with Crippen molar-refractivity contribution in [2.75, 3.05) is 11.4 Å². The van der Waals surface area contributed by atoms with Crippen molar-refractivity contribution in [3.05, 3.63) is 59.7 Å². The maximum atomic E-state index is 12.5. The normalized spacial score (nSPS) is 15.6. The van der Waals surface area contributed by atoms with E-state index in [1.54, 1.807) is 29.2 Å². The van der Waals surface area contributed by atoms with Crippen LogP contribution in [0.25, 0.3) is 0 Å². The summed E-state index contributed by atoms with van der Waals surface area (Å²) in [6.45, 7) is 2.69. The number of carbonyl (C=O) groups excluding carboxylic acids is 1. The van der Waals surface area contributed by atoms with Crippen molar-refractivity contribution in [1.29, 1.82) is 0 Å². The highest BCUT2D eigenvalue weighted by molar-refractivity contribution is 6.54. The fraction of sp³-hybridized carbons (Fsp3) is 0.167. The molecule has 0 unspecified atom stereocenters. The van der Waals surface area contributed by atoms with Crippen LogP contribution in [-0.4, -0.2) is 29.5 Å². The molecule has 1 aliphatic rings. The van der Waals surface area contributed by atoms with E-state index in [0.717, 1.165) is 23.2 Å². The number of carbonyl (C=O) groups is 1. The van der Waals surface area contributed by atoms with E-state index in [9.17, 15) is 9.90 Å². The second kappa shape index (κ2) is 6.44. The molecule has 116 valence electrons. The van der Waals surface area contributed by atoms with Crippen LogP contribution in [-0.2, 0) is 4.79 Å². The van der Waals surface area contributed by atoms with Gasteiger partial charge in [0.05, 0.1) is 11.9 Å². The highest BCUT2D eigenvalue weighted by Gasteiger charge is 2.33. The van der Waals surface area contributed by atoms with Crippen molar-refractivity contribution >= 4 is 23.5 Å². The summed E-state index contributed by atoms with van der Waals surface area (Å²) in [7, 11) is 0. The molecule has 0 radical (unpaired) electrons. The molecule has 0 fully saturated rings. The maximum Gasteiger partial charge on any atom is 0.279 e. The van der Waals surface area contributed by atoms with E-state index in [1.165, 1.54) is 6.21 Å². The van der Waals surface area contributed by atoms with Crippen LogP contribution in [0.1, 0.15) is 24.5 Å². The number of hydrogen-bond acceptors (Lipinski definition) is 4. The first kappa shape index (κ1) is 15.0. The Kier molecular flexibility index (Phi) is 4.19. The largest absolute Gasteiger partial charge is 0.508 e. The smallest absolute Gasteiger partial charge is 0.279 e. The predicted octanol–water partition coefficient (Wildman–Crippen LogP) is 2.97. The zero-order chi connectivity index (χ0) is 16.2. The third kappa shape index (κ3) is 2.99. The SMILES string of the molecule is CCCN1C(=O)/C(=N/N=C\c2cccc(O)c2)c2ccccc21. The summed E-state index contributed by atoms with van der Waals surface area (Å²) in [5, 5.41) is 17.6. The van der Waals surface area contributed by atoms with Gasteiger partial charge in [0, 0.05) is 12.1 Å². The number of phenolic OH excluding ortho intramolecular Hbond substituents is 1. The molecule has 3 rings (SSSR count). The molecule has 1 N–H and O–H groups in total. The molecule has 0 aromatic heterocycles. The molecule has 1 aliphatic heterocycles. The van der Waals surface area contributed by atoms with E-state index in [4.69, 9.17) is 0 Å². The second-order valence-corrected chi connectivity index (χ2v) is 5.26. The number of nitrogens with zero attached hydrogens (tertiary/aromatic N) is 3. The number of amides is 1. The van der Waals surface area contributed by atoms with Crippen molar-refractivity contribution in [2.45, 2.75) is 13.3 Å². The van der Waals surface area contributed by atoms with Crippen LogP contribution < -0.4 is 4.90 Å². The minimum absolute atomic E-state index is 0.124. The average Bonchev–Trinajstić information content (AvgIpc) is 2.81. The van der Waals surface area contributed by atoms with Gasteiger partial charge in [-0.15, -0.1) is 5.10 Å². The number of fused-ring (bicyclic) bond motifs is 1. The molecule has 5 nitrogen and oxygen atoms in total. The molecule has 0 atom stereocenters. The lowest BCUT2D eigenvalue weighted by molar-refractivity contribution is -0.112. The van der Waals surface area contributed by atoms with E-state index < -0.39 is 0 Å². The Hall–Kier alpha value is -2.95. The first-order valence-electron chi connectivity index (χ1n) is 7.52. The first-order chi connectivity index (χ1) is 11.2. The molecule has 0 saturated heterocycles. The van der Waals surface area contributed by atoms with Gasteiger partial charge in [-0.1, -0.05) is 37.3 Å². The first-order valence-corrected chi connectivity index (χ1v) is 7.52. The molecule has 1 amide bonds. The van der Waals surface area contributed by atoms with Crippen LogP contribution in [0.4, 0.5) is 5.69 Å². The number of hydrogen-bond donors (Lipinski definition) is 1. The Morgan fingerprint density at radius 3 is 2.78 bits per heavy atom. The third-order valence-electron chi connectivity index (χ3n) is 3.58. The zero-order valence-electron chi connectivity index (χ0n) is 12.8. The topological polar surface area (TPSA) is 65.3 Å². The van der Waals surface area contributed by atoms with Gasteiger partial charge in [-0.25, -0.2) is 0 Å². The number of anilines is 1. The molecule has 5 heteroatoms. The van der Waals surface area contributed by atoms with Gasteiger partial charge in [0.2, 0.25) is 0 Å². The highest BCUT2D eigenvalue weighted by Crippen LogP contribution is 2.29. The van der Waals surface area contributed by atoms with E-state index >= 15 is 0 Å². The van der Waals surface area contributed by atoms with Gasteiger partial charge in [0.25, 0.3) is 5.91 Å². The molecule has 0 aliphatic carbocycles. The van der Waals surface area contributed by atoms with Gasteiger partial charge < -0.3 is 10.0 Å². The van der Waals surface area contributed by atoms with Gasteiger partial charge >= 0.3 is 0 Å². The van der Waals surface area contributed by atoms with Gasteiger partial charge in [-0.3, -0.25) is 4.79 Å². The van der Waals surface area contributed by atoms with E-state index in [-0.39, 0.29) is 11.7 Å². The van der Waals surface area contributed by atoms with Gasteiger partial charge in [-0.05, 0) is 30.2 Å². The van der Waals surface area contributed by atoms with Crippen LogP contribution in [0.5, 0.6) is 5.75 Å². The summed E-state index contributed by atoms with van der Waals surface area (Å²) in [6.07, 6.45) is 2.39. The standard InChI is InChI=1S/C18H17N3O2/c1-2-10-21-16-9-4-3-8-15(16)17(18(21)23)20-19-12-13-6-5-7-14(22)11-13/h3-9,11-12,22H,2,10H2,1H3/b19-12-,20-17+. The second-order valence-electron chi connectivity index (χ2n) is 5.26. The van der Waals surface area contributed by atoms with Crippen LogP contribution in [0, 0.1) is 0 Å². The van der Waals surface area contributed by atoms with Crippen molar-refractivity contribution < 1.29 is 9.90 Å². The minimum Gasteiger partial charge on any atom is -0.508 e. The molecule has 2 aromatic rings. The van der Waals surface area contributed by atoms with Crippen LogP contribution in [0.3, 0.4) is 0 Å². The Morgan fingerprint density at radius 1 is 1.17 bits per heavy atom. The lowest BCUT2D eigenvalue weighted by atomic mass is 10.1. The molecule has 0 spiro atoms. The molecular formula is C18H17N3O2. The monoisotopic (exact) mass is 307 g/mol. The zero-order valence-corrected chi connectivity index (χ0v) is 12.8. The number of benzene rings is 2. The average molecular weight is 307 g/mol. The van der Waals surface area contributed by atoms with Crippen molar-refractivity contribution in [3.63, 3.8) is 0 Å². The lowest BCUT2D eigenvalue weighted by Gasteiger charge is -2.14. The Balaban J connectivity index is 1.91. The van der Waals surface area contributed by atoms with Crippen LogP contribution in [0.15, 0.2) is 58.7 Å². The summed E-state index contributed by atoms with van der Waals surface area (Å²) >= 11 is 0. The summed E-state index contributed by atoms with van der Waals surface area (Å²) in [6, 6.07) is 14.3. The molecule has 0 bridgehead atoms. The predicted molar refractivity (Wildman–Crippen MR) is 91.3 cm³/mol. The molecule has 0 saturated carbocycles. The van der Waals surface area contributed by atoms with E-state index in [1.807, 2.05) is 31.2 Å². The Labute approximate surface area is 134 Å². The molecular weight excluding hydrogens is 290 g/mol. The molecule has 1 heterocycles. The lowest BCUT2D eigenvalue weighted by Crippen LogP contribution is -2.30. The third-order valence-corrected chi connectivity index (χ3v) is 3.58. The number of para-hydroxylation sites is 1. The van der Waals surface area contributed by atoms with Crippen LogP contribution >= 0.6 is 0 Å². The summed E-state index contributed by atoms with van der Waals surface area (Å²) in [5.74, 6) is 0.0409. The van der Waals surface area contributed by atoms with Gasteiger partial charge in [-0.2, -0.15) is 5.10 Å². The van der Waals surface area contributed by atoms with E-state index in [0.29, 0.717) is 12.3 Å². The Bertz CT molecular complexity index is 796. The maximum absolute atomic E-state index is 12.5. The Morgan fingerprint density at radius 2 is 2.00 bits per heavy atom. The molecule has 23 heavy (non-hydrogen) atoms. The molecule has 2 aromatic carbocycles. The van der Waals surface area contributed by atoms with Crippen molar-refractivity contribution in [2.24, 2.45) is 10.2 Å². The summed E-state index contributed by atoms with van der Waals surface area (Å²) in [4.78, 5) is 14.3. The fourth-order valence-electron chi connectivity index (χ4n) is 2.56. The van der Waals surface area contributed by atoms with Crippen molar-refractivity contribution in [3.8, 4) is 5.75 Å². The fourth-order valence-corrected chi connectivity index (χ4v) is 2.56. The number of aromatic hydroxyl groups is 1. The van der Waals surface area contributed by atoms with Gasteiger partial charge in [0.1, 0.15) is 5.75 Å². The summed E-state index contributed by atoms with van der Waals surface area (Å²) in [5.41, 5.74) is 2.76. The summed E-state index contributed by atoms with van der Waals surface area (Å²) < 4.78 is 0. The quantitative estimate of drug-likeness (QED) is 0.697. The highest BCUT2D eigenvalue weighted by atomic mass is 16.3. The minimum atomic E-state index is -0.124. The van der Waals surface area contributed by atoms with E-state index in [2.05, 4.69) is 10.2 Å². The number of phenols is 1. The van der Waals surface area contributed by atoms with Gasteiger partial charge in [0.15, 0.2) is 5.71 Å². The number of rotatable bonds is 4.